The van der Waals surface area contributed by atoms with Crippen LogP contribution in [0.2, 0.25) is 0 Å². The van der Waals surface area contributed by atoms with Gasteiger partial charge in [0.2, 0.25) is 0 Å². The fraction of sp³-hybridized carbons (Fsp3) is 0.636. The lowest BCUT2D eigenvalue weighted by Crippen LogP contribution is -3.17. The quantitative estimate of drug-likeness (QED) is 0.798. The minimum absolute atomic E-state index is 0.252. The van der Waals surface area contributed by atoms with Crippen molar-refractivity contribution in [1.29, 1.82) is 0 Å². The molecule has 0 aliphatic heterocycles. The lowest BCUT2D eigenvalue weighted by Gasteiger charge is -2.35. The van der Waals surface area contributed by atoms with E-state index in [0.717, 1.165) is 24.9 Å². The number of nitrogens with one attached hydrogen (secondary N) is 1. The molecule has 132 valence electrons. The van der Waals surface area contributed by atoms with E-state index in [0.29, 0.717) is 12.1 Å². The van der Waals surface area contributed by atoms with Crippen molar-refractivity contribution in [2.75, 3.05) is 6.54 Å². The van der Waals surface area contributed by atoms with Gasteiger partial charge in [0.15, 0.2) is 5.60 Å². The molecule has 0 spiro atoms. The van der Waals surface area contributed by atoms with Crippen molar-refractivity contribution >= 4 is 0 Å². The second-order valence-corrected chi connectivity index (χ2v) is 7.83. The summed E-state index contributed by atoms with van der Waals surface area (Å²) in [4.78, 5) is 1.47. The highest BCUT2D eigenvalue weighted by Gasteiger charge is 2.37. The summed E-state index contributed by atoms with van der Waals surface area (Å²) < 4.78 is 0. The predicted octanol–water partition coefficient (Wildman–Crippen LogP) is 3.16. The Bertz CT molecular complexity index is 540. The molecule has 2 heteroatoms. The molecule has 0 amide bonds. The van der Waals surface area contributed by atoms with Crippen LogP contribution < -0.4 is 4.90 Å². The topological polar surface area (TPSA) is 24.7 Å². The molecule has 1 aromatic rings. The lowest BCUT2D eigenvalue weighted by atomic mass is 9.73. The van der Waals surface area contributed by atoms with Crippen LogP contribution >= 0.6 is 0 Å². The highest BCUT2D eigenvalue weighted by molar-refractivity contribution is 5.33. The molecule has 1 atom stereocenters. The van der Waals surface area contributed by atoms with Gasteiger partial charge in [-0.25, -0.2) is 0 Å². The molecular weight excluding hydrogens is 294 g/mol. The molecule has 1 aliphatic carbocycles. The monoisotopic (exact) mass is 328 g/mol. The second-order valence-electron chi connectivity index (χ2n) is 7.83. The van der Waals surface area contributed by atoms with Gasteiger partial charge in [-0.05, 0) is 52.0 Å². The maximum atomic E-state index is 11.5. The van der Waals surface area contributed by atoms with Crippen molar-refractivity contribution in [2.45, 2.75) is 77.5 Å². The Hall–Kier alpha value is -1.30. The van der Waals surface area contributed by atoms with Crippen molar-refractivity contribution in [3.63, 3.8) is 0 Å². The molecule has 1 aliphatic rings. The summed E-state index contributed by atoms with van der Waals surface area (Å²) in [5.74, 6) is 6.91. The first-order valence-corrected chi connectivity index (χ1v) is 9.58. The molecule has 0 bridgehead atoms. The Morgan fingerprint density at radius 1 is 1.04 bits per heavy atom. The van der Waals surface area contributed by atoms with Gasteiger partial charge in [0.1, 0.15) is 6.54 Å². The zero-order valence-electron chi connectivity index (χ0n) is 15.8. The summed E-state index contributed by atoms with van der Waals surface area (Å²) in [7, 11) is 0. The second kappa shape index (κ2) is 8.70. The minimum atomic E-state index is -0.999. The molecule has 2 N–H and O–H groups in total. The first kappa shape index (κ1) is 19.0. The molecule has 0 radical (unpaired) electrons. The average Bonchev–Trinajstić information content (AvgIpc) is 2.59. The van der Waals surface area contributed by atoms with Crippen LogP contribution in [-0.4, -0.2) is 23.7 Å². The summed E-state index contributed by atoms with van der Waals surface area (Å²) in [5.41, 5.74) is -0.0409. The molecule has 1 unspecified atom stereocenters. The van der Waals surface area contributed by atoms with Gasteiger partial charge in [-0.3, -0.25) is 0 Å². The molecule has 2 nitrogen and oxygen atoms in total. The minimum Gasteiger partial charge on any atom is -0.373 e. The number of rotatable bonds is 5. The van der Waals surface area contributed by atoms with Crippen molar-refractivity contribution in [3.8, 4) is 11.8 Å². The fourth-order valence-electron chi connectivity index (χ4n) is 3.98. The molecule has 2 rings (SSSR count). The Morgan fingerprint density at radius 3 is 2.17 bits per heavy atom. The zero-order chi connectivity index (χ0) is 17.6. The van der Waals surface area contributed by atoms with E-state index in [9.17, 15) is 5.11 Å². The van der Waals surface area contributed by atoms with E-state index >= 15 is 0 Å². The van der Waals surface area contributed by atoms with E-state index in [1.165, 1.54) is 24.2 Å². The smallest absolute Gasteiger partial charge is 0.153 e. The fourth-order valence-corrected chi connectivity index (χ4v) is 3.98. The van der Waals surface area contributed by atoms with E-state index < -0.39 is 5.60 Å². The molecular formula is C22H34NO+. The SMILES string of the molecule is CC(C)[NH+](CC#CC(O)(c1ccccc1)C1CCCCC1)C(C)C. The third-order valence-electron chi connectivity index (χ3n) is 5.46. The maximum absolute atomic E-state index is 11.5. The molecule has 24 heavy (non-hydrogen) atoms. The van der Waals surface area contributed by atoms with Crippen LogP contribution in [0.5, 0.6) is 0 Å². The number of aliphatic hydroxyl groups is 1. The summed E-state index contributed by atoms with van der Waals surface area (Å²) in [6.45, 7) is 9.74. The largest absolute Gasteiger partial charge is 0.373 e. The van der Waals surface area contributed by atoms with Gasteiger partial charge in [-0.2, -0.15) is 0 Å². The number of quaternary nitrogens is 1. The summed E-state index contributed by atoms with van der Waals surface area (Å²) in [6.07, 6.45) is 5.84. The van der Waals surface area contributed by atoms with Gasteiger partial charge in [0.25, 0.3) is 0 Å². The highest BCUT2D eigenvalue weighted by atomic mass is 16.3. The average molecular weight is 329 g/mol. The molecule has 0 saturated heterocycles. The summed E-state index contributed by atoms with van der Waals surface area (Å²) in [6, 6.07) is 11.1. The van der Waals surface area contributed by atoms with Crippen LogP contribution in [-0.2, 0) is 5.60 Å². The van der Waals surface area contributed by atoms with Gasteiger partial charge >= 0.3 is 0 Å². The molecule has 1 aromatic carbocycles. The number of benzene rings is 1. The predicted molar refractivity (Wildman–Crippen MR) is 101 cm³/mol. The summed E-state index contributed by atoms with van der Waals surface area (Å²) >= 11 is 0. The molecule has 1 saturated carbocycles. The number of hydrogen-bond acceptors (Lipinski definition) is 1. The van der Waals surface area contributed by atoms with Crippen molar-refractivity contribution in [2.24, 2.45) is 5.92 Å². The third kappa shape index (κ3) is 4.62. The van der Waals surface area contributed by atoms with Gasteiger partial charge in [0, 0.05) is 5.92 Å². The standard InChI is InChI=1S/C22H33NO/c1-18(2)23(19(3)4)17-11-16-22(24,20-12-7-5-8-13-20)21-14-9-6-10-15-21/h5,7-8,12-13,18-19,21,24H,6,9-10,14-15,17H2,1-4H3/p+1. The van der Waals surface area contributed by atoms with Crippen LogP contribution in [0, 0.1) is 17.8 Å². The Morgan fingerprint density at radius 2 is 1.62 bits per heavy atom. The first-order chi connectivity index (χ1) is 11.4. The van der Waals surface area contributed by atoms with Crippen LogP contribution in [0.15, 0.2) is 30.3 Å². The third-order valence-corrected chi connectivity index (χ3v) is 5.46. The van der Waals surface area contributed by atoms with Crippen LogP contribution in [0.1, 0.15) is 65.4 Å². The van der Waals surface area contributed by atoms with Crippen molar-refractivity contribution in [3.05, 3.63) is 35.9 Å². The summed E-state index contributed by atoms with van der Waals surface area (Å²) in [5, 5.41) is 11.5. The van der Waals surface area contributed by atoms with E-state index in [2.05, 4.69) is 39.5 Å². The van der Waals surface area contributed by atoms with Crippen LogP contribution in [0.4, 0.5) is 0 Å². The van der Waals surface area contributed by atoms with Gasteiger partial charge in [-0.15, -0.1) is 0 Å². The normalized spacial score (nSPS) is 18.5. The lowest BCUT2D eigenvalue weighted by molar-refractivity contribution is -0.935. The maximum Gasteiger partial charge on any atom is 0.153 e. The van der Waals surface area contributed by atoms with Crippen LogP contribution in [0.3, 0.4) is 0 Å². The zero-order valence-corrected chi connectivity index (χ0v) is 15.8. The van der Waals surface area contributed by atoms with E-state index in [4.69, 9.17) is 0 Å². The first-order valence-electron chi connectivity index (χ1n) is 9.58. The van der Waals surface area contributed by atoms with Gasteiger partial charge < -0.3 is 10.0 Å². The van der Waals surface area contributed by atoms with E-state index in [-0.39, 0.29) is 5.92 Å². The Balaban J connectivity index is 2.26. The molecule has 0 aromatic heterocycles. The van der Waals surface area contributed by atoms with Crippen molar-refractivity contribution in [1.82, 2.24) is 0 Å². The number of hydrogen-bond donors (Lipinski definition) is 2. The van der Waals surface area contributed by atoms with Gasteiger partial charge in [-0.1, -0.05) is 55.5 Å². The molecule has 1 fully saturated rings. The Labute approximate surface area is 148 Å². The van der Waals surface area contributed by atoms with Crippen LogP contribution in [0.25, 0.3) is 0 Å². The highest BCUT2D eigenvalue weighted by Crippen LogP contribution is 2.38. The Kier molecular flexibility index (Phi) is 6.90. The molecule has 0 heterocycles. The van der Waals surface area contributed by atoms with Gasteiger partial charge in [0.05, 0.1) is 12.1 Å². The van der Waals surface area contributed by atoms with E-state index in [1.54, 1.807) is 0 Å². The van der Waals surface area contributed by atoms with E-state index in [1.807, 2.05) is 30.3 Å². The van der Waals surface area contributed by atoms with Crippen molar-refractivity contribution < 1.29 is 10.0 Å².